The summed E-state index contributed by atoms with van der Waals surface area (Å²) in [5.74, 6) is 0.891. The molecule has 0 aliphatic heterocycles. The fourth-order valence-electron chi connectivity index (χ4n) is 7.10. The molecule has 226 valence electrons. The van der Waals surface area contributed by atoms with Gasteiger partial charge in [-0.15, -0.1) is 0 Å². The zero-order valence-corrected chi connectivity index (χ0v) is 26.6. The Bertz CT molecular complexity index is 1040. The molecule has 0 aromatic rings. The smallest absolute Gasteiger partial charge is 0.343 e. The van der Waals surface area contributed by atoms with Crippen molar-refractivity contribution in [2.45, 2.75) is 117 Å². The quantitative estimate of drug-likeness (QED) is 0.183. The van der Waals surface area contributed by atoms with Crippen molar-refractivity contribution in [3.63, 3.8) is 0 Å². The maximum absolute atomic E-state index is 13.7. The number of fused-ring (bicyclic) bond motifs is 1. The molecule has 3 aliphatic carbocycles. The summed E-state index contributed by atoms with van der Waals surface area (Å²) in [7, 11) is -3.63. The predicted octanol–water partition coefficient (Wildman–Crippen LogP) is 7.71. The van der Waals surface area contributed by atoms with E-state index >= 15 is 0 Å². The van der Waals surface area contributed by atoms with Gasteiger partial charge in [0, 0.05) is 6.42 Å². The van der Waals surface area contributed by atoms with E-state index in [0.29, 0.717) is 50.7 Å². The van der Waals surface area contributed by atoms with Crippen molar-refractivity contribution in [1.29, 1.82) is 0 Å². The van der Waals surface area contributed by atoms with Crippen molar-refractivity contribution in [1.82, 2.24) is 0 Å². The van der Waals surface area contributed by atoms with Crippen LogP contribution in [0.2, 0.25) is 0 Å². The Hall–Kier alpha value is -1.30. The Morgan fingerprint density at radius 2 is 1.82 bits per heavy atom. The van der Waals surface area contributed by atoms with Gasteiger partial charge in [-0.1, -0.05) is 58.1 Å². The second-order valence-corrected chi connectivity index (χ2v) is 15.6. The molecule has 0 aromatic carbocycles. The molecule has 0 spiro atoms. The number of carbonyl (C=O) groups excluding carboxylic acids is 1. The summed E-state index contributed by atoms with van der Waals surface area (Å²) < 4.78 is 25.0. The highest BCUT2D eigenvalue weighted by Crippen LogP contribution is 2.61. The molecule has 6 atom stereocenters. The van der Waals surface area contributed by atoms with Gasteiger partial charge in [-0.3, -0.25) is 9.36 Å². The molecule has 1 unspecified atom stereocenters. The first kappa shape index (κ1) is 33.2. The Kier molecular flexibility index (Phi) is 11.4. The highest BCUT2D eigenvalue weighted by molar-refractivity contribution is 7.56. The second kappa shape index (κ2) is 13.8. The van der Waals surface area contributed by atoms with Crippen molar-refractivity contribution >= 4 is 13.4 Å². The van der Waals surface area contributed by atoms with Crippen LogP contribution >= 0.6 is 7.60 Å². The molecule has 3 rings (SSSR count). The van der Waals surface area contributed by atoms with E-state index in [2.05, 4.69) is 32.6 Å². The van der Waals surface area contributed by atoms with Crippen LogP contribution in [0.25, 0.3) is 0 Å². The number of hydrogen-bond acceptors (Lipinski definition) is 6. The molecule has 0 saturated heterocycles. The maximum atomic E-state index is 13.7. The molecule has 0 bridgehead atoms. The van der Waals surface area contributed by atoms with Crippen LogP contribution in [-0.4, -0.2) is 46.6 Å². The highest BCUT2D eigenvalue weighted by Gasteiger charge is 2.51. The van der Waals surface area contributed by atoms with E-state index in [4.69, 9.17) is 9.05 Å². The Balaban J connectivity index is 1.75. The van der Waals surface area contributed by atoms with Gasteiger partial charge in [0.1, 0.15) is 5.16 Å². The maximum Gasteiger partial charge on any atom is 0.343 e. The van der Waals surface area contributed by atoms with Crippen molar-refractivity contribution in [2.24, 2.45) is 23.2 Å². The second-order valence-electron chi connectivity index (χ2n) is 13.0. The van der Waals surface area contributed by atoms with Gasteiger partial charge in [0.05, 0.1) is 25.4 Å². The Morgan fingerprint density at radius 3 is 2.45 bits per heavy atom. The number of ketones is 1. The van der Waals surface area contributed by atoms with Crippen molar-refractivity contribution in [3.05, 3.63) is 47.6 Å². The molecule has 7 heteroatoms. The van der Waals surface area contributed by atoms with E-state index in [-0.39, 0.29) is 17.1 Å². The molecule has 3 fully saturated rings. The molecular weight excluding hydrogens is 523 g/mol. The van der Waals surface area contributed by atoms with E-state index in [1.165, 1.54) is 5.57 Å². The number of aliphatic hydroxyl groups is 2. The van der Waals surface area contributed by atoms with Gasteiger partial charge < -0.3 is 19.3 Å². The zero-order valence-electron chi connectivity index (χ0n) is 25.7. The molecule has 0 amide bonds. The summed E-state index contributed by atoms with van der Waals surface area (Å²) in [6.45, 7) is 16.5. The van der Waals surface area contributed by atoms with E-state index in [9.17, 15) is 19.6 Å². The van der Waals surface area contributed by atoms with Crippen LogP contribution in [0.3, 0.4) is 0 Å². The SMILES string of the molecule is C=C1C(=CC=C2CCC[C@@]3(C)C2CC[C@@H]3[C@H](C)C=CC(=O)C(C)(C)P(=O)(OCCC)OCCC)C[C@@H](O)C[C@@H]1O. The van der Waals surface area contributed by atoms with Crippen LogP contribution in [0.5, 0.6) is 0 Å². The van der Waals surface area contributed by atoms with Crippen LogP contribution in [0.15, 0.2) is 47.6 Å². The van der Waals surface area contributed by atoms with Gasteiger partial charge in [-0.2, -0.15) is 0 Å². The van der Waals surface area contributed by atoms with Gasteiger partial charge in [0.2, 0.25) is 0 Å². The number of hydrogen-bond donors (Lipinski definition) is 2. The molecular formula is C33H53O6P. The third-order valence-electron chi connectivity index (χ3n) is 9.71. The largest absolute Gasteiger partial charge is 0.393 e. The Labute approximate surface area is 242 Å². The topological polar surface area (TPSA) is 93.1 Å². The average Bonchev–Trinajstić information content (AvgIpc) is 3.27. The van der Waals surface area contributed by atoms with Crippen LogP contribution < -0.4 is 0 Å². The summed E-state index contributed by atoms with van der Waals surface area (Å²) >= 11 is 0. The normalized spacial score (nSPS) is 32.6. The molecule has 0 radical (unpaired) electrons. The van der Waals surface area contributed by atoms with Gasteiger partial charge in [-0.25, -0.2) is 0 Å². The van der Waals surface area contributed by atoms with Crippen LogP contribution in [0.1, 0.15) is 99.3 Å². The van der Waals surface area contributed by atoms with E-state index in [0.717, 1.165) is 43.3 Å². The van der Waals surface area contributed by atoms with Crippen LogP contribution in [0.4, 0.5) is 0 Å². The number of aliphatic hydroxyl groups excluding tert-OH is 2. The third-order valence-corrected chi connectivity index (χ3v) is 12.3. The number of carbonyl (C=O) groups is 1. The molecule has 6 nitrogen and oxygen atoms in total. The lowest BCUT2D eigenvalue weighted by Crippen LogP contribution is -2.36. The number of rotatable bonds is 12. The van der Waals surface area contributed by atoms with Crippen LogP contribution in [-0.2, 0) is 18.4 Å². The first-order chi connectivity index (χ1) is 18.8. The molecule has 0 aromatic heterocycles. The predicted molar refractivity (Wildman–Crippen MR) is 162 cm³/mol. The minimum atomic E-state index is -3.63. The molecule has 0 heterocycles. The van der Waals surface area contributed by atoms with Gasteiger partial charge in [0.25, 0.3) is 0 Å². The minimum absolute atomic E-state index is 0.136. The van der Waals surface area contributed by atoms with Gasteiger partial charge >= 0.3 is 7.60 Å². The lowest BCUT2D eigenvalue weighted by molar-refractivity contribution is -0.116. The first-order valence-electron chi connectivity index (χ1n) is 15.4. The minimum Gasteiger partial charge on any atom is -0.393 e. The van der Waals surface area contributed by atoms with E-state index in [1.54, 1.807) is 19.9 Å². The van der Waals surface area contributed by atoms with E-state index in [1.807, 2.05) is 19.9 Å². The molecule has 3 aliphatic rings. The monoisotopic (exact) mass is 576 g/mol. The lowest BCUT2D eigenvalue weighted by Gasteiger charge is -2.44. The fraction of sp³-hybridized carbons (Fsp3) is 0.727. The van der Waals surface area contributed by atoms with Crippen molar-refractivity contribution < 1.29 is 28.6 Å². The molecule has 40 heavy (non-hydrogen) atoms. The summed E-state index contributed by atoms with van der Waals surface area (Å²) in [6.07, 6.45) is 14.6. The highest BCUT2D eigenvalue weighted by atomic mass is 31.2. The summed E-state index contributed by atoms with van der Waals surface area (Å²) in [5, 5.41) is 19.1. The van der Waals surface area contributed by atoms with Crippen molar-refractivity contribution in [3.8, 4) is 0 Å². The van der Waals surface area contributed by atoms with Gasteiger partial charge in [-0.05, 0) is 106 Å². The summed E-state index contributed by atoms with van der Waals surface area (Å²) in [4.78, 5) is 13.4. The third kappa shape index (κ3) is 7.01. The Morgan fingerprint density at radius 1 is 1.18 bits per heavy atom. The summed E-state index contributed by atoms with van der Waals surface area (Å²) in [6, 6.07) is 0. The number of allylic oxidation sites excluding steroid dienone is 5. The van der Waals surface area contributed by atoms with Gasteiger partial charge in [0.15, 0.2) is 5.78 Å². The first-order valence-corrected chi connectivity index (χ1v) is 16.9. The average molecular weight is 577 g/mol. The standard InChI is InChI=1S/C33H53O6P/c1-8-19-38-40(37,39-20-9-2)32(5,6)31(36)17-12-23(3)28-15-16-29-25(11-10-18-33(28,29)7)13-14-26-21-27(34)22-30(35)24(26)4/h12-14,17,23,27-30,34-35H,4,8-11,15-16,18-22H2,1-3,5-7H3/t23-,27-,28-,29?,30+,33-/m1/s1. The van der Waals surface area contributed by atoms with Crippen LogP contribution in [0, 0.1) is 23.2 Å². The molecule has 3 saturated carbocycles. The van der Waals surface area contributed by atoms with E-state index < -0.39 is 25.0 Å². The molecule has 2 N–H and O–H groups in total. The lowest BCUT2D eigenvalue weighted by atomic mass is 9.61. The fourth-order valence-corrected chi connectivity index (χ4v) is 9.01. The van der Waals surface area contributed by atoms with Crippen molar-refractivity contribution in [2.75, 3.05) is 13.2 Å². The summed E-state index contributed by atoms with van der Waals surface area (Å²) in [5.41, 5.74) is 3.25. The zero-order chi connectivity index (χ0) is 29.7.